The number of halogens is 1. The summed E-state index contributed by atoms with van der Waals surface area (Å²) in [5.74, 6) is 0.241. The Hall–Kier alpha value is -2.29. The van der Waals surface area contributed by atoms with Crippen LogP contribution in [0.2, 0.25) is 0 Å². The summed E-state index contributed by atoms with van der Waals surface area (Å²) in [6.07, 6.45) is 1.51. The number of phenolic OH excluding ortho intramolecular Hbond substituents is 1. The second-order valence-corrected chi connectivity index (χ2v) is 6.46. The van der Waals surface area contributed by atoms with E-state index in [1.165, 1.54) is 6.21 Å². The molecule has 0 fully saturated rings. The maximum absolute atomic E-state index is 11.8. The molecule has 0 aliphatic carbocycles. The van der Waals surface area contributed by atoms with Crippen molar-refractivity contribution < 1.29 is 14.6 Å². The zero-order valence-corrected chi connectivity index (χ0v) is 16.2. The molecule has 2 rings (SSSR count). The molecular weight excluding hydrogens is 433 g/mol. The summed E-state index contributed by atoms with van der Waals surface area (Å²) in [4.78, 5) is 11.8. The number of nitrogens with zero attached hydrogens (tertiary/aromatic N) is 1. The summed E-state index contributed by atoms with van der Waals surface area (Å²) in [5, 5.41) is 16.9. The predicted molar refractivity (Wildman–Crippen MR) is 107 cm³/mol. The molecule has 0 spiro atoms. The van der Waals surface area contributed by atoms with Gasteiger partial charge in [0.2, 0.25) is 0 Å². The van der Waals surface area contributed by atoms with Crippen LogP contribution in [0, 0.1) is 10.5 Å². The van der Waals surface area contributed by atoms with Gasteiger partial charge in [-0.05, 0) is 71.8 Å². The molecule has 25 heavy (non-hydrogen) atoms. The molecule has 0 atom stereocenters. The monoisotopic (exact) mass is 453 g/mol. The van der Waals surface area contributed by atoms with Crippen LogP contribution in [0.3, 0.4) is 0 Å². The van der Waals surface area contributed by atoms with Crippen LogP contribution in [0.1, 0.15) is 18.1 Å². The Morgan fingerprint density at radius 1 is 1.36 bits per heavy atom. The van der Waals surface area contributed by atoms with Crippen molar-refractivity contribution in [1.82, 2.24) is 5.43 Å². The number of carbonyl (C=O) groups excluding carboxylic acids is 1. The van der Waals surface area contributed by atoms with Crippen LogP contribution >= 0.6 is 22.6 Å². The summed E-state index contributed by atoms with van der Waals surface area (Å²) >= 11 is 2.01. The number of amides is 1. The van der Waals surface area contributed by atoms with E-state index in [-0.39, 0.29) is 18.2 Å². The normalized spacial score (nSPS) is 10.7. The number of phenols is 1. The van der Waals surface area contributed by atoms with Crippen LogP contribution in [0.25, 0.3) is 0 Å². The largest absolute Gasteiger partial charge is 0.504 e. The van der Waals surface area contributed by atoms with Gasteiger partial charge in [-0.2, -0.15) is 5.10 Å². The number of carbonyl (C=O) groups is 1. The van der Waals surface area contributed by atoms with Crippen LogP contribution in [-0.4, -0.2) is 30.4 Å². The van der Waals surface area contributed by atoms with Gasteiger partial charge < -0.3 is 15.2 Å². The van der Waals surface area contributed by atoms with Gasteiger partial charge in [-0.1, -0.05) is 12.1 Å². The number of aryl methyl sites for hydroxylation is 1. The second-order valence-electron chi connectivity index (χ2n) is 5.30. The zero-order chi connectivity index (χ0) is 18.2. The first kappa shape index (κ1) is 19.0. The summed E-state index contributed by atoms with van der Waals surface area (Å²) in [6, 6.07) is 11.2. The van der Waals surface area contributed by atoms with Gasteiger partial charge >= 0.3 is 0 Å². The zero-order valence-electron chi connectivity index (χ0n) is 14.0. The standard InChI is InChI=1S/C18H20IN3O3/c1-3-25-16-9-13(8-15(19)18(16)24)10-21-22-17(23)11-20-14-6-4-5-12(2)7-14/h4-10,20,24H,3,11H2,1-2H3,(H,22,23)/b21-10-. The number of rotatable bonds is 7. The minimum atomic E-state index is -0.253. The van der Waals surface area contributed by atoms with E-state index < -0.39 is 0 Å². The first-order chi connectivity index (χ1) is 12.0. The van der Waals surface area contributed by atoms with Crippen molar-refractivity contribution in [3.8, 4) is 11.5 Å². The van der Waals surface area contributed by atoms with E-state index in [0.717, 1.165) is 16.8 Å². The van der Waals surface area contributed by atoms with Gasteiger partial charge in [0.05, 0.1) is 22.9 Å². The quantitative estimate of drug-likeness (QED) is 0.342. The molecule has 2 aromatic rings. The van der Waals surface area contributed by atoms with E-state index in [1.807, 2.05) is 60.7 Å². The number of nitrogens with one attached hydrogen (secondary N) is 2. The summed E-state index contributed by atoms with van der Waals surface area (Å²) in [6.45, 7) is 4.41. The highest BCUT2D eigenvalue weighted by Crippen LogP contribution is 2.32. The van der Waals surface area contributed by atoms with Crippen LogP contribution in [0.15, 0.2) is 41.5 Å². The highest BCUT2D eigenvalue weighted by molar-refractivity contribution is 14.1. The van der Waals surface area contributed by atoms with Gasteiger partial charge in [-0.15, -0.1) is 0 Å². The Labute approximate surface area is 160 Å². The molecule has 0 heterocycles. The van der Waals surface area contributed by atoms with Gasteiger partial charge in [0.1, 0.15) is 0 Å². The number of hydrogen-bond donors (Lipinski definition) is 3. The molecule has 0 aliphatic rings. The van der Waals surface area contributed by atoms with Crippen molar-refractivity contribution in [2.24, 2.45) is 5.10 Å². The Morgan fingerprint density at radius 3 is 2.88 bits per heavy atom. The topological polar surface area (TPSA) is 83.0 Å². The van der Waals surface area contributed by atoms with E-state index >= 15 is 0 Å². The van der Waals surface area contributed by atoms with Crippen molar-refractivity contribution >= 4 is 40.4 Å². The lowest BCUT2D eigenvalue weighted by atomic mass is 10.2. The van der Waals surface area contributed by atoms with Gasteiger partial charge in [0.25, 0.3) is 5.91 Å². The van der Waals surface area contributed by atoms with Gasteiger partial charge in [-0.3, -0.25) is 4.79 Å². The Balaban J connectivity index is 1.90. The maximum Gasteiger partial charge on any atom is 0.259 e. The van der Waals surface area contributed by atoms with Crippen molar-refractivity contribution in [2.75, 3.05) is 18.5 Å². The van der Waals surface area contributed by atoms with Gasteiger partial charge in [0, 0.05) is 5.69 Å². The number of aromatic hydroxyl groups is 1. The molecule has 0 aromatic heterocycles. The first-order valence-electron chi connectivity index (χ1n) is 7.77. The lowest BCUT2D eigenvalue weighted by molar-refractivity contribution is -0.119. The van der Waals surface area contributed by atoms with Gasteiger partial charge in [0.15, 0.2) is 11.5 Å². The number of hydrazone groups is 1. The molecular formula is C18H20IN3O3. The third-order valence-corrected chi connectivity index (χ3v) is 4.05. The lowest BCUT2D eigenvalue weighted by Crippen LogP contribution is -2.25. The molecule has 0 radical (unpaired) electrons. The Bertz CT molecular complexity index is 778. The molecule has 1 amide bonds. The fraction of sp³-hybridized carbons (Fsp3) is 0.222. The average Bonchev–Trinajstić information content (AvgIpc) is 2.58. The molecule has 0 saturated heterocycles. The van der Waals surface area contributed by atoms with E-state index in [2.05, 4.69) is 15.8 Å². The van der Waals surface area contributed by atoms with Crippen LogP contribution < -0.4 is 15.5 Å². The SMILES string of the molecule is CCOc1cc(/C=N\NC(=O)CNc2cccc(C)c2)cc(I)c1O. The highest BCUT2D eigenvalue weighted by atomic mass is 127. The van der Waals surface area contributed by atoms with Crippen molar-refractivity contribution in [2.45, 2.75) is 13.8 Å². The van der Waals surface area contributed by atoms with Crippen LogP contribution in [0.5, 0.6) is 11.5 Å². The highest BCUT2D eigenvalue weighted by Gasteiger charge is 2.08. The average molecular weight is 453 g/mol. The summed E-state index contributed by atoms with van der Waals surface area (Å²) in [7, 11) is 0. The molecule has 3 N–H and O–H groups in total. The third kappa shape index (κ3) is 5.93. The Kier molecular flexibility index (Phi) is 7.05. The smallest absolute Gasteiger partial charge is 0.259 e. The molecule has 0 bridgehead atoms. The molecule has 0 aliphatic heterocycles. The Morgan fingerprint density at radius 2 is 2.16 bits per heavy atom. The number of ether oxygens (including phenoxy) is 1. The molecule has 2 aromatic carbocycles. The summed E-state index contributed by atoms with van der Waals surface area (Å²) < 4.78 is 6.02. The lowest BCUT2D eigenvalue weighted by Gasteiger charge is -2.08. The minimum Gasteiger partial charge on any atom is -0.504 e. The number of hydrogen-bond acceptors (Lipinski definition) is 5. The van der Waals surface area contributed by atoms with Crippen LogP contribution in [0.4, 0.5) is 5.69 Å². The molecule has 0 saturated carbocycles. The van der Waals surface area contributed by atoms with Crippen molar-refractivity contribution in [3.63, 3.8) is 0 Å². The van der Waals surface area contributed by atoms with E-state index in [4.69, 9.17) is 4.74 Å². The molecule has 7 heteroatoms. The van der Waals surface area contributed by atoms with E-state index in [1.54, 1.807) is 12.1 Å². The fourth-order valence-corrected chi connectivity index (χ4v) is 2.71. The number of anilines is 1. The first-order valence-corrected chi connectivity index (χ1v) is 8.85. The van der Waals surface area contributed by atoms with Crippen LogP contribution in [-0.2, 0) is 4.79 Å². The fourth-order valence-electron chi connectivity index (χ4n) is 2.09. The van der Waals surface area contributed by atoms with E-state index in [0.29, 0.717) is 15.9 Å². The molecule has 132 valence electrons. The number of benzene rings is 2. The van der Waals surface area contributed by atoms with E-state index in [9.17, 15) is 9.90 Å². The van der Waals surface area contributed by atoms with Crippen molar-refractivity contribution in [1.29, 1.82) is 0 Å². The third-order valence-electron chi connectivity index (χ3n) is 3.22. The molecule has 0 unspecified atom stereocenters. The minimum absolute atomic E-state index is 0.103. The van der Waals surface area contributed by atoms with Gasteiger partial charge in [-0.25, -0.2) is 5.43 Å². The summed E-state index contributed by atoms with van der Waals surface area (Å²) in [5.41, 5.74) is 5.19. The van der Waals surface area contributed by atoms with Crippen molar-refractivity contribution in [3.05, 3.63) is 51.1 Å². The second kappa shape index (κ2) is 9.26. The predicted octanol–water partition coefficient (Wildman–Crippen LogP) is 3.27. The maximum atomic E-state index is 11.8. The molecule has 6 nitrogen and oxygen atoms in total.